The van der Waals surface area contributed by atoms with Crippen LogP contribution in [0.4, 0.5) is 11.6 Å². The van der Waals surface area contributed by atoms with E-state index in [2.05, 4.69) is 35.5 Å². The first-order valence-electron chi connectivity index (χ1n) is 9.47. The van der Waals surface area contributed by atoms with Crippen LogP contribution in [-0.2, 0) is 0 Å². The Hall–Kier alpha value is -3.27. The van der Waals surface area contributed by atoms with Gasteiger partial charge in [-0.05, 0) is 20.4 Å². The summed E-state index contributed by atoms with van der Waals surface area (Å²) >= 11 is 0. The number of nitrogens with one attached hydrogen (secondary N) is 2. The van der Waals surface area contributed by atoms with Crippen LogP contribution >= 0.6 is 0 Å². The van der Waals surface area contributed by atoms with E-state index < -0.39 is 0 Å². The van der Waals surface area contributed by atoms with Crippen LogP contribution in [0.25, 0.3) is 5.65 Å². The van der Waals surface area contributed by atoms with Crippen LogP contribution < -0.4 is 20.3 Å². The summed E-state index contributed by atoms with van der Waals surface area (Å²) in [6.45, 7) is 3.84. The van der Waals surface area contributed by atoms with Crippen LogP contribution in [0.3, 0.4) is 0 Å². The lowest BCUT2D eigenvalue weighted by Gasteiger charge is -2.41. The fraction of sp³-hybridized carbons (Fsp3) is 0.421. The molecule has 2 N–H and O–H groups in total. The van der Waals surface area contributed by atoms with E-state index >= 15 is 0 Å². The highest BCUT2D eigenvalue weighted by atomic mass is 16.5. The molecule has 5 rings (SSSR count). The molecule has 1 saturated heterocycles. The monoisotopic (exact) mass is 394 g/mol. The quantitative estimate of drug-likeness (QED) is 0.657. The van der Waals surface area contributed by atoms with Crippen LogP contribution in [0.2, 0.25) is 0 Å². The molecule has 1 saturated carbocycles. The van der Waals surface area contributed by atoms with Gasteiger partial charge in [-0.15, -0.1) is 0 Å². The molecule has 1 aliphatic heterocycles. The van der Waals surface area contributed by atoms with Crippen molar-refractivity contribution in [1.29, 1.82) is 0 Å². The average Bonchev–Trinajstić information content (AvgIpc) is 3.32. The summed E-state index contributed by atoms with van der Waals surface area (Å²) in [7, 11) is 3.52. The van der Waals surface area contributed by atoms with E-state index in [-0.39, 0.29) is 11.6 Å². The molecule has 1 spiro atoms. The predicted octanol–water partition coefficient (Wildman–Crippen LogP) is 0.887. The number of methoxy groups -OCH3 is 1. The van der Waals surface area contributed by atoms with Gasteiger partial charge in [-0.3, -0.25) is 9.20 Å². The van der Waals surface area contributed by atoms with Crippen LogP contribution in [0, 0.1) is 12.3 Å². The Morgan fingerprint density at radius 1 is 1.24 bits per heavy atom. The summed E-state index contributed by atoms with van der Waals surface area (Å²) in [6, 6.07) is 0.609. The Balaban J connectivity index is 1.28. The zero-order valence-electron chi connectivity index (χ0n) is 16.5. The summed E-state index contributed by atoms with van der Waals surface area (Å²) < 4.78 is 7.05. The first-order valence-corrected chi connectivity index (χ1v) is 9.47. The van der Waals surface area contributed by atoms with E-state index in [1.54, 1.807) is 16.8 Å². The van der Waals surface area contributed by atoms with Gasteiger partial charge in [0.25, 0.3) is 11.8 Å². The average molecular weight is 394 g/mol. The molecule has 1 amide bonds. The molecule has 2 aliphatic rings. The molecule has 0 aromatic carbocycles. The molecule has 0 radical (unpaired) electrons. The van der Waals surface area contributed by atoms with Gasteiger partial charge in [0.05, 0.1) is 31.4 Å². The Labute approximate surface area is 167 Å². The largest absolute Gasteiger partial charge is 0.478 e. The smallest absolute Gasteiger partial charge is 0.277 e. The minimum Gasteiger partial charge on any atom is -0.478 e. The van der Waals surface area contributed by atoms with E-state index in [4.69, 9.17) is 4.74 Å². The molecule has 3 aromatic rings. The molecular weight excluding hydrogens is 372 g/mol. The van der Waals surface area contributed by atoms with Gasteiger partial charge in [-0.25, -0.2) is 15.0 Å². The predicted molar refractivity (Wildman–Crippen MR) is 106 cm³/mol. The van der Waals surface area contributed by atoms with Gasteiger partial charge in [0.1, 0.15) is 11.5 Å². The van der Waals surface area contributed by atoms with E-state index in [1.807, 2.05) is 20.2 Å². The lowest BCUT2D eigenvalue weighted by atomic mass is 9.96. The van der Waals surface area contributed by atoms with Crippen molar-refractivity contribution in [1.82, 2.24) is 29.7 Å². The number of amides is 1. The third kappa shape index (κ3) is 2.96. The highest BCUT2D eigenvalue weighted by Gasteiger charge is 2.61. The minimum absolute atomic E-state index is 0.228. The SMILES string of the molecule is CNC1CC12CN(c1cnc(C(=O)Nc3cn4cc(C)nc4c(OC)n3)cn1)C2. The number of carbonyl (C=O) groups is 1. The van der Waals surface area contributed by atoms with Crippen LogP contribution in [0.5, 0.6) is 5.88 Å². The van der Waals surface area contributed by atoms with Gasteiger partial charge in [-0.2, -0.15) is 4.98 Å². The lowest BCUT2D eigenvalue weighted by molar-refractivity contribution is 0.102. The Morgan fingerprint density at radius 3 is 2.72 bits per heavy atom. The molecule has 29 heavy (non-hydrogen) atoms. The molecular formula is C19H22N8O2. The van der Waals surface area contributed by atoms with Gasteiger partial charge in [-0.1, -0.05) is 0 Å². The van der Waals surface area contributed by atoms with Gasteiger partial charge < -0.3 is 20.3 Å². The van der Waals surface area contributed by atoms with Gasteiger partial charge in [0, 0.05) is 30.7 Å². The van der Waals surface area contributed by atoms with Crippen molar-refractivity contribution in [3.05, 3.63) is 36.2 Å². The number of carbonyl (C=O) groups excluding carboxylic acids is 1. The van der Waals surface area contributed by atoms with Crippen molar-refractivity contribution in [2.75, 3.05) is 37.5 Å². The Morgan fingerprint density at radius 2 is 2.07 bits per heavy atom. The molecule has 3 aromatic heterocycles. The molecule has 10 nitrogen and oxygen atoms in total. The van der Waals surface area contributed by atoms with Gasteiger partial charge >= 0.3 is 0 Å². The van der Waals surface area contributed by atoms with Crippen molar-refractivity contribution in [3.63, 3.8) is 0 Å². The summed E-state index contributed by atoms with van der Waals surface area (Å²) in [4.78, 5) is 32.1. The highest BCUT2D eigenvalue weighted by Crippen LogP contribution is 2.53. The zero-order chi connectivity index (χ0) is 20.2. The van der Waals surface area contributed by atoms with Crippen LogP contribution in [0.15, 0.2) is 24.8 Å². The van der Waals surface area contributed by atoms with E-state index in [0.717, 1.165) is 24.6 Å². The van der Waals surface area contributed by atoms with Crippen molar-refractivity contribution in [2.24, 2.45) is 5.41 Å². The molecule has 1 atom stereocenters. The number of aromatic nitrogens is 5. The fourth-order valence-electron chi connectivity index (χ4n) is 4.05. The number of anilines is 2. The number of ether oxygens (including phenoxy) is 1. The summed E-state index contributed by atoms with van der Waals surface area (Å²) in [5.41, 5.74) is 2.05. The summed E-state index contributed by atoms with van der Waals surface area (Å²) in [5.74, 6) is 1.10. The number of hydrogen-bond donors (Lipinski definition) is 2. The fourth-order valence-corrected chi connectivity index (χ4v) is 4.05. The maximum absolute atomic E-state index is 12.6. The zero-order valence-corrected chi connectivity index (χ0v) is 16.5. The summed E-state index contributed by atoms with van der Waals surface area (Å²) in [6.07, 6.45) is 7.88. The minimum atomic E-state index is -0.382. The van der Waals surface area contributed by atoms with Crippen molar-refractivity contribution < 1.29 is 9.53 Å². The molecule has 0 bridgehead atoms. The normalized spacial score (nSPS) is 19.3. The topological polar surface area (TPSA) is 110 Å². The van der Waals surface area contributed by atoms with E-state index in [9.17, 15) is 4.79 Å². The second kappa shape index (κ2) is 6.38. The molecule has 10 heteroatoms. The van der Waals surface area contributed by atoms with Gasteiger partial charge in [0.15, 0.2) is 5.82 Å². The number of fused-ring (bicyclic) bond motifs is 1. The molecule has 150 valence electrons. The Bertz CT molecular complexity index is 1090. The third-order valence-electron chi connectivity index (χ3n) is 5.71. The molecule has 2 fully saturated rings. The number of imidazole rings is 1. The molecule has 1 aliphatic carbocycles. The van der Waals surface area contributed by atoms with Crippen molar-refractivity contribution in [2.45, 2.75) is 19.4 Å². The second-order valence-electron chi connectivity index (χ2n) is 7.73. The van der Waals surface area contributed by atoms with Crippen molar-refractivity contribution >= 4 is 23.2 Å². The highest BCUT2D eigenvalue weighted by molar-refractivity contribution is 6.02. The second-order valence-corrected chi connectivity index (χ2v) is 7.73. The number of rotatable bonds is 5. The lowest BCUT2D eigenvalue weighted by Crippen LogP contribution is -2.52. The molecule has 4 heterocycles. The maximum atomic E-state index is 12.6. The van der Waals surface area contributed by atoms with Crippen LogP contribution in [-0.4, -0.2) is 63.5 Å². The van der Waals surface area contributed by atoms with Gasteiger partial charge in [0.2, 0.25) is 5.65 Å². The standard InChI is InChI=1S/C19H22N8O2/c1-11-7-26-8-14(25-18(29-3)16(26)23-11)24-17(28)12-5-22-15(6-21-12)27-9-19(10-27)4-13(19)20-2/h5-8,13,20H,4,9-10H2,1-3H3,(H,24,28). The van der Waals surface area contributed by atoms with E-state index in [1.165, 1.54) is 19.7 Å². The van der Waals surface area contributed by atoms with Crippen LogP contribution in [0.1, 0.15) is 22.6 Å². The van der Waals surface area contributed by atoms with E-state index in [0.29, 0.717) is 28.8 Å². The number of aryl methyl sites for hydroxylation is 1. The Kier molecular flexibility index (Phi) is 3.91. The third-order valence-corrected chi connectivity index (χ3v) is 5.71. The number of hydrogen-bond acceptors (Lipinski definition) is 8. The number of nitrogens with zero attached hydrogens (tertiary/aromatic N) is 6. The summed E-state index contributed by atoms with van der Waals surface area (Å²) in [5, 5.41) is 6.08. The first kappa shape index (κ1) is 17.8. The molecule has 1 unspecified atom stereocenters. The maximum Gasteiger partial charge on any atom is 0.277 e. The first-order chi connectivity index (χ1) is 14.0. The van der Waals surface area contributed by atoms with Crippen molar-refractivity contribution in [3.8, 4) is 5.88 Å².